The van der Waals surface area contributed by atoms with E-state index >= 15 is 0 Å². The van der Waals surface area contributed by atoms with Gasteiger partial charge in [0, 0.05) is 10.9 Å². The zero-order chi connectivity index (χ0) is 13.7. The molecule has 0 saturated heterocycles. The van der Waals surface area contributed by atoms with Gasteiger partial charge in [-0.15, -0.1) is 0 Å². The van der Waals surface area contributed by atoms with Gasteiger partial charge in [0.15, 0.2) is 0 Å². The van der Waals surface area contributed by atoms with Crippen molar-refractivity contribution >= 4 is 21.9 Å². The van der Waals surface area contributed by atoms with E-state index in [1.807, 2.05) is 0 Å². The van der Waals surface area contributed by atoms with Crippen molar-refractivity contribution in [1.29, 1.82) is 0 Å². The number of methoxy groups -OCH3 is 1. The quantitative estimate of drug-likeness (QED) is 0.641. The number of esters is 1. The maximum absolute atomic E-state index is 13.6. The van der Waals surface area contributed by atoms with E-state index in [0.29, 0.717) is 5.33 Å². The summed E-state index contributed by atoms with van der Waals surface area (Å²) in [5, 5.41) is 19.9. The second kappa shape index (κ2) is 6.82. The molecule has 2 atom stereocenters. The van der Waals surface area contributed by atoms with E-state index in [2.05, 4.69) is 20.7 Å². The molecular weight excluding hydrogens is 307 g/mol. The fourth-order valence-electron chi connectivity index (χ4n) is 1.49. The molecule has 0 saturated carbocycles. The number of rotatable bonds is 5. The van der Waals surface area contributed by atoms with Crippen molar-refractivity contribution in [3.8, 4) is 0 Å². The molecule has 0 fully saturated rings. The van der Waals surface area contributed by atoms with E-state index in [9.17, 15) is 19.4 Å². The number of alkyl halides is 1. The minimum atomic E-state index is -1.38. The van der Waals surface area contributed by atoms with Crippen LogP contribution in [0.15, 0.2) is 18.2 Å². The van der Waals surface area contributed by atoms with Crippen molar-refractivity contribution in [2.45, 2.75) is 18.6 Å². The zero-order valence-corrected chi connectivity index (χ0v) is 11.4. The van der Waals surface area contributed by atoms with Crippen LogP contribution >= 0.6 is 15.9 Å². The molecule has 0 bridgehead atoms. The first-order chi connectivity index (χ1) is 8.51. The summed E-state index contributed by atoms with van der Waals surface area (Å²) in [5.74, 6) is -1.30. The third kappa shape index (κ3) is 3.51. The van der Waals surface area contributed by atoms with Gasteiger partial charge in [0.2, 0.25) is 0 Å². The van der Waals surface area contributed by atoms with Gasteiger partial charge in [-0.25, -0.2) is 9.18 Å². The second-order valence-corrected chi connectivity index (χ2v) is 4.51. The van der Waals surface area contributed by atoms with E-state index in [1.165, 1.54) is 19.2 Å². The van der Waals surface area contributed by atoms with Crippen LogP contribution in [-0.4, -0.2) is 34.7 Å². The Bertz CT molecular complexity index is 425. The number of aliphatic hydroxyl groups is 2. The predicted molar refractivity (Wildman–Crippen MR) is 67.1 cm³/mol. The largest absolute Gasteiger partial charge is 0.465 e. The molecule has 0 spiro atoms. The van der Waals surface area contributed by atoms with Gasteiger partial charge >= 0.3 is 5.97 Å². The Hall–Kier alpha value is -0.980. The van der Waals surface area contributed by atoms with Crippen LogP contribution in [-0.2, 0) is 4.74 Å². The number of benzene rings is 1. The summed E-state index contributed by atoms with van der Waals surface area (Å²) < 4.78 is 18.1. The number of carbonyl (C=O) groups excluding carboxylic acids is 1. The molecule has 0 radical (unpaired) electrons. The average molecular weight is 321 g/mol. The lowest BCUT2D eigenvalue weighted by Crippen LogP contribution is -2.20. The summed E-state index contributed by atoms with van der Waals surface area (Å²) in [6.45, 7) is 0. The third-order valence-electron chi connectivity index (χ3n) is 2.51. The SMILES string of the molecule is COC(=O)c1ccc(F)c(C(O)C(O)CCBr)c1. The number of halogens is 2. The zero-order valence-electron chi connectivity index (χ0n) is 9.77. The van der Waals surface area contributed by atoms with E-state index in [1.54, 1.807) is 0 Å². The molecule has 2 unspecified atom stereocenters. The monoisotopic (exact) mass is 320 g/mol. The van der Waals surface area contributed by atoms with Gasteiger partial charge in [0.1, 0.15) is 11.9 Å². The molecule has 1 aromatic rings. The molecule has 0 aliphatic carbocycles. The minimum absolute atomic E-state index is 0.119. The Morgan fingerprint density at radius 2 is 2.17 bits per heavy atom. The molecule has 1 aromatic carbocycles. The number of ether oxygens (including phenoxy) is 1. The molecule has 18 heavy (non-hydrogen) atoms. The summed E-state index contributed by atoms with van der Waals surface area (Å²) >= 11 is 3.12. The van der Waals surface area contributed by atoms with Crippen LogP contribution in [0.1, 0.15) is 28.4 Å². The molecule has 4 nitrogen and oxygen atoms in total. The Morgan fingerprint density at radius 3 is 2.72 bits per heavy atom. The van der Waals surface area contributed by atoms with Crippen LogP contribution in [0, 0.1) is 5.82 Å². The average Bonchev–Trinajstić information content (AvgIpc) is 2.37. The van der Waals surface area contributed by atoms with Gasteiger partial charge in [0.05, 0.1) is 18.8 Å². The topological polar surface area (TPSA) is 66.8 Å². The number of hydrogen-bond acceptors (Lipinski definition) is 4. The van der Waals surface area contributed by atoms with Gasteiger partial charge in [-0.2, -0.15) is 0 Å². The molecule has 0 amide bonds. The highest BCUT2D eigenvalue weighted by Gasteiger charge is 2.22. The molecule has 0 aliphatic rings. The summed E-state index contributed by atoms with van der Waals surface area (Å²) in [5.41, 5.74) is 0.00495. The molecule has 0 heterocycles. The van der Waals surface area contributed by atoms with Gasteiger partial charge < -0.3 is 14.9 Å². The molecule has 6 heteroatoms. The summed E-state index contributed by atoms with van der Waals surface area (Å²) in [4.78, 5) is 11.3. The molecule has 0 aliphatic heterocycles. The highest BCUT2D eigenvalue weighted by molar-refractivity contribution is 9.09. The van der Waals surface area contributed by atoms with E-state index in [-0.39, 0.29) is 17.5 Å². The first kappa shape index (κ1) is 15.1. The van der Waals surface area contributed by atoms with Crippen LogP contribution in [0.5, 0.6) is 0 Å². The Labute approximate surface area is 113 Å². The Morgan fingerprint density at radius 1 is 1.50 bits per heavy atom. The van der Waals surface area contributed by atoms with E-state index in [4.69, 9.17) is 0 Å². The fourth-order valence-corrected chi connectivity index (χ4v) is 1.96. The van der Waals surface area contributed by atoms with Crippen molar-refractivity contribution < 1.29 is 24.1 Å². The normalized spacial score (nSPS) is 14.1. The smallest absolute Gasteiger partial charge is 0.337 e. The molecule has 100 valence electrons. The van der Waals surface area contributed by atoms with Gasteiger partial charge in [0.25, 0.3) is 0 Å². The van der Waals surface area contributed by atoms with Crippen molar-refractivity contribution in [3.05, 3.63) is 35.1 Å². The van der Waals surface area contributed by atoms with Crippen molar-refractivity contribution in [2.24, 2.45) is 0 Å². The van der Waals surface area contributed by atoms with Crippen molar-refractivity contribution in [2.75, 3.05) is 12.4 Å². The molecule has 2 N–H and O–H groups in total. The highest BCUT2D eigenvalue weighted by Crippen LogP contribution is 2.23. The predicted octanol–water partition coefficient (Wildman–Crippen LogP) is 1.79. The van der Waals surface area contributed by atoms with Gasteiger partial charge in [-0.1, -0.05) is 15.9 Å². The van der Waals surface area contributed by atoms with Gasteiger partial charge in [-0.3, -0.25) is 0 Å². The van der Waals surface area contributed by atoms with Crippen LogP contribution in [0.4, 0.5) is 4.39 Å². The van der Waals surface area contributed by atoms with Crippen LogP contribution in [0.25, 0.3) is 0 Å². The number of carbonyl (C=O) groups is 1. The second-order valence-electron chi connectivity index (χ2n) is 3.72. The highest BCUT2D eigenvalue weighted by atomic mass is 79.9. The van der Waals surface area contributed by atoms with E-state index < -0.39 is 24.0 Å². The standard InChI is InChI=1S/C12H14BrFO4/c1-18-12(17)7-2-3-9(14)8(6-7)11(16)10(15)4-5-13/h2-3,6,10-11,15-16H,4-5H2,1H3. The molecule has 1 rings (SSSR count). The third-order valence-corrected chi connectivity index (χ3v) is 2.96. The van der Waals surface area contributed by atoms with Crippen molar-refractivity contribution in [3.63, 3.8) is 0 Å². The summed E-state index contributed by atoms with van der Waals surface area (Å²) in [7, 11) is 1.21. The fraction of sp³-hybridized carbons (Fsp3) is 0.417. The van der Waals surface area contributed by atoms with Gasteiger partial charge in [-0.05, 0) is 24.6 Å². The van der Waals surface area contributed by atoms with E-state index in [0.717, 1.165) is 6.07 Å². The number of aliphatic hydroxyl groups excluding tert-OH is 2. The summed E-state index contributed by atoms with van der Waals surface area (Å²) in [6.07, 6.45) is -2.22. The minimum Gasteiger partial charge on any atom is -0.465 e. The lowest BCUT2D eigenvalue weighted by Gasteiger charge is -2.18. The first-order valence-electron chi connectivity index (χ1n) is 5.31. The lowest BCUT2D eigenvalue weighted by molar-refractivity contribution is 0.0152. The van der Waals surface area contributed by atoms with Crippen LogP contribution in [0.2, 0.25) is 0 Å². The molecular formula is C12H14BrFO4. The summed E-state index contributed by atoms with van der Waals surface area (Å²) in [6, 6.07) is 3.50. The Kier molecular flexibility index (Phi) is 5.71. The Balaban J connectivity index is 3.03. The van der Waals surface area contributed by atoms with Crippen LogP contribution in [0.3, 0.4) is 0 Å². The molecule has 0 aromatic heterocycles. The lowest BCUT2D eigenvalue weighted by atomic mass is 10.00. The maximum Gasteiger partial charge on any atom is 0.337 e. The van der Waals surface area contributed by atoms with Crippen molar-refractivity contribution in [1.82, 2.24) is 0 Å². The maximum atomic E-state index is 13.6. The number of hydrogen-bond donors (Lipinski definition) is 2. The van der Waals surface area contributed by atoms with Crippen LogP contribution < -0.4 is 0 Å². The first-order valence-corrected chi connectivity index (χ1v) is 6.43.